The van der Waals surface area contributed by atoms with E-state index in [2.05, 4.69) is 50.2 Å². The van der Waals surface area contributed by atoms with Crippen molar-refractivity contribution in [3.05, 3.63) is 42.1 Å². The zero-order chi connectivity index (χ0) is 11.4. The lowest BCUT2D eigenvalue weighted by Gasteiger charge is -2.13. The summed E-state index contributed by atoms with van der Waals surface area (Å²) in [7, 11) is 0. The molecule has 1 aromatic heterocycles. The van der Waals surface area contributed by atoms with Crippen molar-refractivity contribution < 1.29 is 0 Å². The van der Waals surface area contributed by atoms with Gasteiger partial charge in [-0.05, 0) is 25.0 Å². The Hall–Kier alpha value is -1.37. The van der Waals surface area contributed by atoms with Gasteiger partial charge in [0.1, 0.15) is 0 Å². The van der Waals surface area contributed by atoms with Gasteiger partial charge in [-0.15, -0.1) is 0 Å². The number of fused-ring (bicyclic) bond motifs is 1. The van der Waals surface area contributed by atoms with Crippen LogP contribution in [0.15, 0.2) is 36.4 Å². The highest BCUT2D eigenvalue weighted by Crippen LogP contribution is 2.24. The minimum atomic E-state index is 0.620. The first-order valence-corrected chi connectivity index (χ1v) is 6.20. The molecule has 0 bridgehead atoms. The van der Waals surface area contributed by atoms with E-state index in [9.17, 15) is 0 Å². The molecule has 0 radical (unpaired) electrons. The van der Waals surface area contributed by atoms with Crippen LogP contribution in [0.2, 0.25) is 0 Å². The first-order chi connectivity index (χ1) is 7.85. The maximum absolute atomic E-state index is 4.77. The summed E-state index contributed by atoms with van der Waals surface area (Å²) in [6.45, 7) is 4.49. The second-order valence-electron chi connectivity index (χ2n) is 4.32. The summed E-state index contributed by atoms with van der Waals surface area (Å²) >= 11 is 0. The smallest absolute Gasteiger partial charge is 0.0705 e. The quantitative estimate of drug-likeness (QED) is 0.727. The Kier molecular flexibility index (Phi) is 3.55. The molecule has 0 amide bonds. The molecular formula is C15H19N. The third-order valence-electron chi connectivity index (χ3n) is 3.17. The van der Waals surface area contributed by atoms with E-state index in [4.69, 9.17) is 4.98 Å². The summed E-state index contributed by atoms with van der Waals surface area (Å²) in [5, 5.41) is 1.23. The van der Waals surface area contributed by atoms with Gasteiger partial charge in [0.15, 0.2) is 0 Å². The lowest BCUT2D eigenvalue weighted by molar-refractivity contribution is 0.583. The zero-order valence-electron chi connectivity index (χ0n) is 10.1. The average Bonchev–Trinajstić information content (AvgIpc) is 2.35. The number of hydrogen-bond acceptors (Lipinski definition) is 1. The van der Waals surface area contributed by atoms with Gasteiger partial charge in [-0.3, -0.25) is 4.98 Å². The topological polar surface area (TPSA) is 12.9 Å². The summed E-state index contributed by atoms with van der Waals surface area (Å²) in [5.41, 5.74) is 2.37. The SMILES string of the molecule is CCCC(CC)c1ccc2ccccc2n1. The van der Waals surface area contributed by atoms with E-state index in [0.29, 0.717) is 5.92 Å². The van der Waals surface area contributed by atoms with Crippen molar-refractivity contribution in [1.29, 1.82) is 0 Å². The zero-order valence-corrected chi connectivity index (χ0v) is 10.1. The van der Waals surface area contributed by atoms with E-state index in [1.165, 1.54) is 30.3 Å². The molecule has 0 aliphatic carbocycles. The van der Waals surface area contributed by atoms with Crippen LogP contribution >= 0.6 is 0 Å². The molecule has 2 aromatic rings. The van der Waals surface area contributed by atoms with E-state index < -0.39 is 0 Å². The van der Waals surface area contributed by atoms with Crippen LogP contribution in [-0.2, 0) is 0 Å². The average molecular weight is 213 g/mol. The fraction of sp³-hybridized carbons (Fsp3) is 0.400. The van der Waals surface area contributed by atoms with E-state index >= 15 is 0 Å². The van der Waals surface area contributed by atoms with Crippen molar-refractivity contribution >= 4 is 10.9 Å². The Labute approximate surface area is 97.5 Å². The standard InChI is InChI=1S/C15H19N/c1-3-7-12(4-2)15-11-10-13-8-5-6-9-14(13)16-15/h5-6,8-12H,3-4,7H2,1-2H3. The molecule has 1 heterocycles. The lowest BCUT2D eigenvalue weighted by atomic mass is 9.96. The second-order valence-corrected chi connectivity index (χ2v) is 4.32. The molecule has 0 fully saturated rings. The molecule has 0 aliphatic rings. The van der Waals surface area contributed by atoms with Crippen LogP contribution in [-0.4, -0.2) is 4.98 Å². The third-order valence-corrected chi connectivity index (χ3v) is 3.17. The van der Waals surface area contributed by atoms with Crippen molar-refractivity contribution in [1.82, 2.24) is 4.98 Å². The Balaban J connectivity index is 2.37. The Morgan fingerprint density at radius 2 is 1.88 bits per heavy atom. The lowest BCUT2D eigenvalue weighted by Crippen LogP contribution is -2.00. The van der Waals surface area contributed by atoms with Gasteiger partial charge in [-0.1, -0.05) is 44.5 Å². The first-order valence-electron chi connectivity index (χ1n) is 6.20. The number of benzene rings is 1. The Morgan fingerprint density at radius 3 is 2.62 bits per heavy atom. The largest absolute Gasteiger partial charge is 0.253 e. The number of para-hydroxylation sites is 1. The highest BCUT2D eigenvalue weighted by atomic mass is 14.7. The monoisotopic (exact) mass is 213 g/mol. The van der Waals surface area contributed by atoms with Crippen molar-refractivity contribution in [3.63, 3.8) is 0 Å². The van der Waals surface area contributed by atoms with Crippen LogP contribution in [0.25, 0.3) is 10.9 Å². The van der Waals surface area contributed by atoms with Crippen LogP contribution < -0.4 is 0 Å². The van der Waals surface area contributed by atoms with E-state index in [-0.39, 0.29) is 0 Å². The Bertz CT molecular complexity index is 462. The summed E-state index contributed by atoms with van der Waals surface area (Å²) in [5.74, 6) is 0.620. The minimum absolute atomic E-state index is 0.620. The fourth-order valence-corrected chi connectivity index (χ4v) is 2.22. The molecule has 1 heteroatoms. The van der Waals surface area contributed by atoms with Gasteiger partial charge >= 0.3 is 0 Å². The summed E-state index contributed by atoms with van der Waals surface area (Å²) in [6, 6.07) is 12.7. The molecule has 0 N–H and O–H groups in total. The normalized spacial score (nSPS) is 12.9. The van der Waals surface area contributed by atoms with Gasteiger partial charge in [-0.2, -0.15) is 0 Å². The van der Waals surface area contributed by atoms with Crippen molar-refractivity contribution in [2.75, 3.05) is 0 Å². The predicted octanol–water partition coefficient (Wildman–Crippen LogP) is 4.53. The van der Waals surface area contributed by atoms with Crippen LogP contribution in [0.3, 0.4) is 0 Å². The number of rotatable bonds is 4. The van der Waals surface area contributed by atoms with E-state index in [1.54, 1.807) is 0 Å². The van der Waals surface area contributed by atoms with Crippen LogP contribution in [0.1, 0.15) is 44.7 Å². The number of pyridine rings is 1. The number of hydrogen-bond donors (Lipinski definition) is 0. The number of nitrogens with zero attached hydrogens (tertiary/aromatic N) is 1. The van der Waals surface area contributed by atoms with Gasteiger partial charge in [0, 0.05) is 17.0 Å². The summed E-state index contributed by atoms with van der Waals surface area (Å²) < 4.78 is 0. The van der Waals surface area contributed by atoms with Crippen LogP contribution in [0.4, 0.5) is 0 Å². The van der Waals surface area contributed by atoms with Gasteiger partial charge in [-0.25, -0.2) is 0 Å². The molecule has 0 saturated heterocycles. The second kappa shape index (κ2) is 5.11. The van der Waals surface area contributed by atoms with Crippen LogP contribution in [0, 0.1) is 0 Å². The Morgan fingerprint density at radius 1 is 1.06 bits per heavy atom. The minimum Gasteiger partial charge on any atom is -0.253 e. The fourth-order valence-electron chi connectivity index (χ4n) is 2.22. The van der Waals surface area contributed by atoms with E-state index in [0.717, 1.165) is 5.52 Å². The van der Waals surface area contributed by atoms with E-state index in [1.807, 2.05) is 0 Å². The van der Waals surface area contributed by atoms with Gasteiger partial charge in [0.25, 0.3) is 0 Å². The van der Waals surface area contributed by atoms with Crippen molar-refractivity contribution in [2.24, 2.45) is 0 Å². The molecule has 1 aromatic carbocycles. The highest BCUT2D eigenvalue weighted by Gasteiger charge is 2.09. The third kappa shape index (κ3) is 2.24. The molecular weight excluding hydrogens is 194 g/mol. The summed E-state index contributed by atoms with van der Waals surface area (Å²) in [6.07, 6.45) is 3.65. The maximum atomic E-state index is 4.77. The summed E-state index contributed by atoms with van der Waals surface area (Å²) in [4.78, 5) is 4.77. The number of aromatic nitrogens is 1. The van der Waals surface area contributed by atoms with Crippen molar-refractivity contribution in [3.8, 4) is 0 Å². The maximum Gasteiger partial charge on any atom is 0.0705 e. The molecule has 1 unspecified atom stereocenters. The molecule has 0 saturated carbocycles. The predicted molar refractivity (Wildman–Crippen MR) is 69.7 cm³/mol. The van der Waals surface area contributed by atoms with Crippen molar-refractivity contribution in [2.45, 2.75) is 39.0 Å². The molecule has 0 aliphatic heterocycles. The molecule has 84 valence electrons. The first kappa shape index (κ1) is 11.1. The molecule has 1 atom stereocenters. The van der Waals surface area contributed by atoms with Gasteiger partial charge < -0.3 is 0 Å². The van der Waals surface area contributed by atoms with Gasteiger partial charge in [0.05, 0.1) is 5.52 Å². The van der Waals surface area contributed by atoms with Crippen LogP contribution in [0.5, 0.6) is 0 Å². The molecule has 1 nitrogen and oxygen atoms in total. The highest BCUT2D eigenvalue weighted by molar-refractivity contribution is 5.78. The van der Waals surface area contributed by atoms with Gasteiger partial charge in [0.2, 0.25) is 0 Å². The molecule has 2 rings (SSSR count). The molecule has 16 heavy (non-hydrogen) atoms. The molecule has 0 spiro atoms.